The van der Waals surface area contributed by atoms with Gasteiger partial charge >= 0.3 is 0 Å². The summed E-state index contributed by atoms with van der Waals surface area (Å²) in [5, 5.41) is 10.5. The third-order valence-corrected chi connectivity index (χ3v) is 4.28. The maximum absolute atomic E-state index is 10.5. The first-order valence-electron chi connectivity index (χ1n) is 7.00. The molecule has 1 aliphatic rings. The summed E-state index contributed by atoms with van der Waals surface area (Å²) in [6.45, 7) is 11.2. The number of aliphatic hydroxyl groups is 1. The highest BCUT2D eigenvalue weighted by Gasteiger charge is 2.41. The van der Waals surface area contributed by atoms with Gasteiger partial charge in [-0.15, -0.1) is 0 Å². The summed E-state index contributed by atoms with van der Waals surface area (Å²) in [5.41, 5.74) is 0.0424. The number of aliphatic hydroxyl groups excluding tert-OH is 1. The van der Waals surface area contributed by atoms with Crippen molar-refractivity contribution >= 4 is 0 Å². The van der Waals surface area contributed by atoms with Gasteiger partial charge in [0, 0.05) is 5.54 Å². The van der Waals surface area contributed by atoms with Crippen molar-refractivity contribution in [3.05, 3.63) is 0 Å². The van der Waals surface area contributed by atoms with Crippen molar-refractivity contribution in [1.29, 1.82) is 0 Å². The molecule has 0 radical (unpaired) electrons. The van der Waals surface area contributed by atoms with Gasteiger partial charge in [0.15, 0.2) is 0 Å². The lowest BCUT2D eigenvalue weighted by molar-refractivity contribution is -0.0371. The lowest BCUT2D eigenvalue weighted by Gasteiger charge is -2.45. The summed E-state index contributed by atoms with van der Waals surface area (Å²) in [7, 11) is 0. The van der Waals surface area contributed by atoms with Gasteiger partial charge in [0.05, 0.1) is 6.10 Å². The largest absolute Gasteiger partial charge is 0.391 e. The number of likely N-dealkylation sites (tertiary alicyclic amines) is 1. The second-order valence-corrected chi connectivity index (χ2v) is 5.65. The van der Waals surface area contributed by atoms with Crippen molar-refractivity contribution in [2.24, 2.45) is 5.92 Å². The molecule has 0 bridgehead atoms. The van der Waals surface area contributed by atoms with E-state index in [1.165, 1.54) is 25.9 Å². The first-order valence-corrected chi connectivity index (χ1v) is 7.00. The predicted octanol–water partition coefficient (Wildman–Crippen LogP) is 3.05. The quantitative estimate of drug-likeness (QED) is 0.754. The summed E-state index contributed by atoms with van der Waals surface area (Å²) in [4.78, 5) is 2.54. The molecule has 0 aromatic carbocycles. The average molecular weight is 227 g/mol. The predicted molar refractivity (Wildman–Crippen MR) is 69.6 cm³/mol. The number of hydrogen-bond donors (Lipinski definition) is 1. The lowest BCUT2D eigenvalue weighted by atomic mass is 9.81. The molecule has 0 aromatic rings. The number of hydrogen-bond acceptors (Lipinski definition) is 2. The Morgan fingerprint density at radius 3 is 2.00 bits per heavy atom. The van der Waals surface area contributed by atoms with E-state index in [0.29, 0.717) is 5.92 Å². The van der Waals surface area contributed by atoms with Crippen LogP contribution in [0, 0.1) is 5.92 Å². The fourth-order valence-electron chi connectivity index (χ4n) is 3.21. The molecule has 1 heterocycles. The van der Waals surface area contributed by atoms with Gasteiger partial charge in [0.2, 0.25) is 0 Å². The Balaban J connectivity index is 2.76. The molecular weight excluding hydrogens is 198 g/mol. The molecule has 2 heteroatoms. The van der Waals surface area contributed by atoms with Crippen LogP contribution in [-0.2, 0) is 0 Å². The minimum absolute atomic E-state index is 0.0424. The highest BCUT2D eigenvalue weighted by Crippen LogP contribution is 2.33. The van der Waals surface area contributed by atoms with Crippen LogP contribution in [0.3, 0.4) is 0 Å². The zero-order valence-electron chi connectivity index (χ0n) is 11.5. The fraction of sp³-hybridized carbons (Fsp3) is 1.00. The molecule has 1 saturated heterocycles. The van der Waals surface area contributed by atoms with Crippen LogP contribution >= 0.6 is 0 Å². The van der Waals surface area contributed by atoms with E-state index in [4.69, 9.17) is 0 Å². The molecule has 0 aromatic heterocycles. The Bertz CT molecular complexity index is 193. The van der Waals surface area contributed by atoms with E-state index in [2.05, 4.69) is 32.6 Å². The van der Waals surface area contributed by atoms with Crippen LogP contribution in [0.4, 0.5) is 0 Å². The molecule has 2 nitrogen and oxygen atoms in total. The second-order valence-electron chi connectivity index (χ2n) is 5.65. The SMILES string of the molecule is CCC(CC)(C(O)CC(C)C)N1CCCC1. The molecule has 96 valence electrons. The highest BCUT2D eigenvalue weighted by atomic mass is 16.3. The molecule has 1 atom stereocenters. The third kappa shape index (κ3) is 2.78. The van der Waals surface area contributed by atoms with E-state index in [1.54, 1.807) is 0 Å². The summed E-state index contributed by atoms with van der Waals surface area (Å²) in [6.07, 6.45) is 5.50. The monoisotopic (exact) mass is 227 g/mol. The topological polar surface area (TPSA) is 23.5 Å². The molecule has 0 spiro atoms. The zero-order chi connectivity index (χ0) is 12.2. The van der Waals surface area contributed by atoms with Crippen molar-refractivity contribution in [1.82, 2.24) is 4.90 Å². The average Bonchev–Trinajstić information content (AvgIpc) is 2.73. The van der Waals surface area contributed by atoms with Crippen LogP contribution < -0.4 is 0 Å². The van der Waals surface area contributed by atoms with Crippen LogP contribution in [0.15, 0.2) is 0 Å². The molecule has 0 saturated carbocycles. The standard InChI is InChI=1S/C14H29NO/c1-5-14(6-2,13(16)11-12(3)4)15-9-7-8-10-15/h12-13,16H,5-11H2,1-4H3. The fourth-order valence-corrected chi connectivity index (χ4v) is 3.21. The number of nitrogens with zero attached hydrogens (tertiary/aromatic N) is 1. The van der Waals surface area contributed by atoms with Crippen molar-refractivity contribution in [3.8, 4) is 0 Å². The van der Waals surface area contributed by atoms with Crippen molar-refractivity contribution in [2.45, 2.75) is 71.4 Å². The Kier molecular flexibility index (Phi) is 5.26. The first-order chi connectivity index (χ1) is 7.56. The molecule has 0 aliphatic carbocycles. The third-order valence-electron chi connectivity index (χ3n) is 4.28. The van der Waals surface area contributed by atoms with E-state index >= 15 is 0 Å². The first kappa shape index (κ1) is 14.0. The Hall–Kier alpha value is -0.0800. The van der Waals surface area contributed by atoms with Crippen LogP contribution in [0.25, 0.3) is 0 Å². The molecule has 1 unspecified atom stereocenters. The van der Waals surface area contributed by atoms with Crippen molar-refractivity contribution < 1.29 is 5.11 Å². The van der Waals surface area contributed by atoms with E-state index in [-0.39, 0.29) is 11.6 Å². The zero-order valence-corrected chi connectivity index (χ0v) is 11.5. The molecule has 1 rings (SSSR count). The molecule has 1 N–H and O–H groups in total. The Morgan fingerprint density at radius 1 is 1.12 bits per heavy atom. The van der Waals surface area contributed by atoms with Crippen LogP contribution in [-0.4, -0.2) is 34.7 Å². The van der Waals surface area contributed by atoms with Gasteiger partial charge in [0.25, 0.3) is 0 Å². The minimum Gasteiger partial charge on any atom is -0.391 e. The Morgan fingerprint density at radius 2 is 1.62 bits per heavy atom. The highest BCUT2D eigenvalue weighted by molar-refractivity contribution is 4.96. The van der Waals surface area contributed by atoms with Gasteiger partial charge in [-0.3, -0.25) is 4.90 Å². The van der Waals surface area contributed by atoms with E-state index in [0.717, 1.165) is 19.3 Å². The second kappa shape index (κ2) is 6.02. The maximum Gasteiger partial charge on any atom is 0.0726 e. The smallest absolute Gasteiger partial charge is 0.0726 e. The van der Waals surface area contributed by atoms with Gasteiger partial charge in [-0.2, -0.15) is 0 Å². The summed E-state index contributed by atoms with van der Waals surface area (Å²) >= 11 is 0. The van der Waals surface area contributed by atoms with Gasteiger partial charge in [-0.1, -0.05) is 27.7 Å². The molecule has 1 fully saturated rings. The Labute approximate surface area is 101 Å². The normalized spacial score (nSPS) is 20.6. The van der Waals surface area contributed by atoms with Crippen molar-refractivity contribution in [3.63, 3.8) is 0 Å². The summed E-state index contributed by atoms with van der Waals surface area (Å²) in [6, 6.07) is 0. The van der Waals surface area contributed by atoms with Gasteiger partial charge in [0.1, 0.15) is 0 Å². The van der Waals surface area contributed by atoms with Crippen LogP contribution in [0.1, 0.15) is 59.8 Å². The van der Waals surface area contributed by atoms with Gasteiger partial charge < -0.3 is 5.11 Å². The van der Waals surface area contributed by atoms with Gasteiger partial charge in [-0.05, 0) is 51.1 Å². The van der Waals surface area contributed by atoms with Crippen LogP contribution in [0.5, 0.6) is 0 Å². The van der Waals surface area contributed by atoms with Crippen LogP contribution in [0.2, 0.25) is 0 Å². The van der Waals surface area contributed by atoms with E-state index < -0.39 is 0 Å². The molecule has 1 aliphatic heterocycles. The minimum atomic E-state index is -0.166. The van der Waals surface area contributed by atoms with E-state index in [1.807, 2.05) is 0 Å². The molecular formula is C14H29NO. The van der Waals surface area contributed by atoms with Crippen molar-refractivity contribution in [2.75, 3.05) is 13.1 Å². The summed E-state index contributed by atoms with van der Waals surface area (Å²) < 4.78 is 0. The molecule has 16 heavy (non-hydrogen) atoms. The number of rotatable bonds is 6. The molecule has 0 amide bonds. The maximum atomic E-state index is 10.5. The van der Waals surface area contributed by atoms with Gasteiger partial charge in [-0.25, -0.2) is 0 Å². The van der Waals surface area contributed by atoms with E-state index in [9.17, 15) is 5.11 Å². The lowest BCUT2D eigenvalue weighted by Crippen LogP contribution is -2.55. The summed E-state index contributed by atoms with van der Waals surface area (Å²) in [5.74, 6) is 0.579.